The average Bonchev–Trinajstić information content (AvgIpc) is 2.99. The Bertz CT molecular complexity index is 622. The molecule has 1 aromatic heterocycles. The Labute approximate surface area is 133 Å². The van der Waals surface area contributed by atoms with Crippen LogP contribution in [0.5, 0.6) is 0 Å². The summed E-state index contributed by atoms with van der Waals surface area (Å²) in [6.45, 7) is -0.0828. The Kier molecular flexibility index (Phi) is 5.61. The van der Waals surface area contributed by atoms with Crippen molar-refractivity contribution in [1.29, 1.82) is 0 Å². The first-order chi connectivity index (χ1) is 10.5. The number of nitrogens with zero attached hydrogens (tertiary/aromatic N) is 1. The molecule has 116 valence electrons. The van der Waals surface area contributed by atoms with Crippen molar-refractivity contribution in [2.75, 3.05) is 6.54 Å². The maximum atomic E-state index is 12.3. The predicted molar refractivity (Wildman–Crippen MR) is 81.5 cm³/mol. The van der Waals surface area contributed by atoms with Gasteiger partial charge in [-0.1, -0.05) is 23.7 Å². The normalized spacial score (nSPS) is 10.4. The van der Waals surface area contributed by atoms with Gasteiger partial charge in [-0.2, -0.15) is 0 Å². The highest BCUT2D eigenvalue weighted by atomic mass is 35.5. The predicted octanol–water partition coefficient (Wildman–Crippen LogP) is 2.98. The van der Waals surface area contributed by atoms with E-state index in [0.29, 0.717) is 11.4 Å². The first kappa shape index (κ1) is 16.1. The van der Waals surface area contributed by atoms with E-state index in [2.05, 4.69) is 0 Å². The van der Waals surface area contributed by atoms with E-state index in [-0.39, 0.29) is 25.4 Å². The molecule has 0 saturated carbocycles. The lowest BCUT2D eigenvalue weighted by Gasteiger charge is -2.21. The van der Waals surface area contributed by atoms with E-state index in [9.17, 15) is 9.59 Å². The highest BCUT2D eigenvalue weighted by Crippen LogP contribution is 2.13. The smallest absolute Gasteiger partial charge is 0.323 e. The number of carbonyl (C=O) groups is 2. The maximum Gasteiger partial charge on any atom is 0.323 e. The van der Waals surface area contributed by atoms with Crippen LogP contribution in [0.2, 0.25) is 5.02 Å². The standard InChI is InChI=1S/C16H16ClNO4/c17-14-4-1-12(2-5-14)9-18(10-16(20)21)15(19)6-3-13-7-8-22-11-13/h1-2,4-5,7-8,11H,3,6,9-10H2,(H,20,21). The molecule has 6 heteroatoms. The molecule has 1 heterocycles. The number of rotatable bonds is 7. The van der Waals surface area contributed by atoms with E-state index in [0.717, 1.165) is 11.1 Å². The van der Waals surface area contributed by atoms with Crippen molar-refractivity contribution in [3.63, 3.8) is 0 Å². The summed E-state index contributed by atoms with van der Waals surface area (Å²) in [4.78, 5) is 24.5. The largest absolute Gasteiger partial charge is 0.480 e. The number of furan rings is 1. The number of halogens is 1. The quantitative estimate of drug-likeness (QED) is 0.851. The Morgan fingerprint density at radius 2 is 1.86 bits per heavy atom. The molecule has 0 spiro atoms. The van der Waals surface area contributed by atoms with Crippen LogP contribution in [0, 0.1) is 0 Å². The van der Waals surface area contributed by atoms with Gasteiger partial charge in [0.25, 0.3) is 0 Å². The van der Waals surface area contributed by atoms with Gasteiger partial charge in [0.15, 0.2) is 0 Å². The summed E-state index contributed by atoms with van der Waals surface area (Å²) in [6, 6.07) is 8.77. The van der Waals surface area contributed by atoms with Crippen LogP contribution in [0.25, 0.3) is 0 Å². The molecule has 1 N–H and O–H groups in total. The van der Waals surface area contributed by atoms with Gasteiger partial charge in [-0.15, -0.1) is 0 Å². The van der Waals surface area contributed by atoms with Crippen LogP contribution in [0.1, 0.15) is 17.5 Å². The summed E-state index contributed by atoms with van der Waals surface area (Å²) in [6.07, 6.45) is 3.88. The second kappa shape index (κ2) is 7.66. The molecule has 1 amide bonds. The fraction of sp³-hybridized carbons (Fsp3) is 0.250. The molecular weight excluding hydrogens is 306 g/mol. The fourth-order valence-corrected chi connectivity index (χ4v) is 2.18. The van der Waals surface area contributed by atoms with Crippen molar-refractivity contribution in [3.8, 4) is 0 Å². The van der Waals surface area contributed by atoms with E-state index in [1.807, 2.05) is 0 Å². The van der Waals surface area contributed by atoms with E-state index in [4.69, 9.17) is 21.1 Å². The highest BCUT2D eigenvalue weighted by molar-refractivity contribution is 6.30. The fourth-order valence-electron chi connectivity index (χ4n) is 2.05. The number of hydrogen-bond acceptors (Lipinski definition) is 3. The van der Waals surface area contributed by atoms with Gasteiger partial charge < -0.3 is 14.4 Å². The van der Waals surface area contributed by atoms with Crippen molar-refractivity contribution in [3.05, 3.63) is 59.0 Å². The second-order valence-corrected chi connectivity index (χ2v) is 5.34. The van der Waals surface area contributed by atoms with Crippen LogP contribution < -0.4 is 0 Å². The minimum absolute atomic E-state index is 0.210. The third-order valence-electron chi connectivity index (χ3n) is 3.17. The van der Waals surface area contributed by atoms with Crippen molar-refractivity contribution in [2.45, 2.75) is 19.4 Å². The molecule has 0 atom stereocenters. The van der Waals surface area contributed by atoms with E-state index < -0.39 is 5.97 Å². The zero-order chi connectivity index (χ0) is 15.9. The van der Waals surface area contributed by atoms with Crippen molar-refractivity contribution >= 4 is 23.5 Å². The third-order valence-corrected chi connectivity index (χ3v) is 3.43. The highest BCUT2D eigenvalue weighted by Gasteiger charge is 2.17. The van der Waals surface area contributed by atoms with Crippen LogP contribution in [-0.2, 0) is 22.6 Å². The monoisotopic (exact) mass is 321 g/mol. The van der Waals surface area contributed by atoms with Crippen molar-refractivity contribution in [1.82, 2.24) is 4.90 Å². The molecule has 0 aliphatic rings. The number of aliphatic carboxylic acids is 1. The molecular formula is C16H16ClNO4. The first-order valence-corrected chi connectivity index (χ1v) is 7.17. The van der Waals surface area contributed by atoms with E-state index >= 15 is 0 Å². The summed E-state index contributed by atoms with van der Waals surface area (Å²) in [7, 11) is 0. The number of carbonyl (C=O) groups excluding carboxylic acids is 1. The summed E-state index contributed by atoms with van der Waals surface area (Å²) < 4.78 is 4.95. The molecule has 0 bridgehead atoms. The molecule has 0 aliphatic carbocycles. The minimum atomic E-state index is -1.04. The van der Waals surface area contributed by atoms with Crippen LogP contribution in [0.3, 0.4) is 0 Å². The molecule has 5 nitrogen and oxygen atoms in total. The molecule has 0 radical (unpaired) electrons. The lowest BCUT2D eigenvalue weighted by molar-refractivity contribution is -0.144. The second-order valence-electron chi connectivity index (χ2n) is 4.90. The Morgan fingerprint density at radius 1 is 1.14 bits per heavy atom. The number of carboxylic acids is 1. The van der Waals surface area contributed by atoms with Gasteiger partial charge in [-0.05, 0) is 35.7 Å². The van der Waals surface area contributed by atoms with Gasteiger partial charge in [-0.25, -0.2) is 0 Å². The lowest BCUT2D eigenvalue weighted by Crippen LogP contribution is -2.35. The van der Waals surface area contributed by atoms with Crippen molar-refractivity contribution in [2.24, 2.45) is 0 Å². The molecule has 2 rings (SSSR count). The molecule has 2 aromatic rings. The molecule has 0 aliphatic heterocycles. The maximum absolute atomic E-state index is 12.3. The van der Waals surface area contributed by atoms with Gasteiger partial charge >= 0.3 is 5.97 Å². The van der Waals surface area contributed by atoms with Gasteiger partial charge in [0.05, 0.1) is 12.5 Å². The van der Waals surface area contributed by atoms with E-state index in [1.54, 1.807) is 42.9 Å². The number of benzene rings is 1. The number of amides is 1. The minimum Gasteiger partial charge on any atom is -0.480 e. The summed E-state index contributed by atoms with van der Waals surface area (Å²) >= 11 is 5.82. The average molecular weight is 322 g/mol. The molecule has 22 heavy (non-hydrogen) atoms. The molecule has 1 aromatic carbocycles. The zero-order valence-corrected chi connectivity index (χ0v) is 12.6. The van der Waals surface area contributed by atoms with Gasteiger partial charge in [0, 0.05) is 18.0 Å². The number of carboxylic acid groups (broad SMARTS) is 1. The topological polar surface area (TPSA) is 70.8 Å². The van der Waals surface area contributed by atoms with Gasteiger partial charge in [0.2, 0.25) is 5.91 Å². The van der Waals surface area contributed by atoms with Gasteiger partial charge in [0.1, 0.15) is 6.54 Å². The molecule has 0 fully saturated rings. The molecule has 0 saturated heterocycles. The van der Waals surface area contributed by atoms with Crippen LogP contribution in [-0.4, -0.2) is 28.4 Å². The lowest BCUT2D eigenvalue weighted by atomic mass is 10.1. The summed E-state index contributed by atoms with van der Waals surface area (Å²) in [5, 5.41) is 9.57. The summed E-state index contributed by atoms with van der Waals surface area (Å²) in [5.74, 6) is -1.25. The van der Waals surface area contributed by atoms with E-state index in [1.165, 1.54) is 4.90 Å². The Balaban J connectivity index is 1.99. The van der Waals surface area contributed by atoms with Crippen LogP contribution >= 0.6 is 11.6 Å². The van der Waals surface area contributed by atoms with Crippen molar-refractivity contribution < 1.29 is 19.1 Å². The third kappa shape index (κ3) is 4.93. The van der Waals surface area contributed by atoms with Crippen LogP contribution in [0.4, 0.5) is 0 Å². The Hall–Kier alpha value is -2.27. The SMILES string of the molecule is O=C(O)CN(Cc1ccc(Cl)cc1)C(=O)CCc1ccoc1. The first-order valence-electron chi connectivity index (χ1n) is 6.79. The number of hydrogen-bond donors (Lipinski definition) is 1. The van der Waals surface area contributed by atoms with Crippen LogP contribution in [0.15, 0.2) is 47.3 Å². The van der Waals surface area contributed by atoms with Gasteiger partial charge in [-0.3, -0.25) is 9.59 Å². The summed E-state index contributed by atoms with van der Waals surface area (Å²) in [5.41, 5.74) is 1.75. The molecule has 0 unspecified atom stereocenters. The zero-order valence-electron chi connectivity index (χ0n) is 11.9. The number of aryl methyl sites for hydroxylation is 1. The Morgan fingerprint density at radius 3 is 2.45 bits per heavy atom.